The van der Waals surface area contributed by atoms with Crippen molar-refractivity contribution in [1.29, 1.82) is 0 Å². The summed E-state index contributed by atoms with van der Waals surface area (Å²) in [5.41, 5.74) is -0.753. The third-order valence-corrected chi connectivity index (χ3v) is 4.43. The first-order chi connectivity index (χ1) is 8.49. The zero-order chi connectivity index (χ0) is 13.2. The molecule has 1 N–H and O–H groups in total. The summed E-state index contributed by atoms with van der Waals surface area (Å²) in [5, 5.41) is 10.1. The second-order valence-corrected chi connectivity index (χ2v) is 6.05. The predicted molar refractivity (Wildman–Crippen MR) is 71.3 cm³/mol. The Kier molecular flexibility index (Phi) is 3.92. The number of rotatable bonds is 3. The average molecular weight is 266 g/mol. The van der Waals surface area contributed by atoms with Crippen molar-refractivity contribution in [2.24, 2.45) is 5.92 Å². The molecule has 0 saturated carbocycles. The number of amides is 1. The lowest BCUT2D eigenvalue weighted by atomic mass is 9.95. The van der Waals surface area contributed by atoms with Crippen LogP contribution in [0.3, 0.4) is 0 Å². The van der Waals surface area contributed by atoms with Crippen molar-refractivity contribution in [3.8, 4) is 0 Å². The number of likely N-dealkylation sites (tertiary alicyclic amines) is 1. The highest BCUT2D eigenvalue weighted by Crippen LogP contribution is 2.27. The van der Waals surface area contributed by atoms with Crippen LogP contribution in [0.25, 0.3) is 0 Å². The fourth-order valence-corrected chi connectivity index (χ4v) is 2.78. The molecule has 0 spiro atoms. The lowest BCUT2D eigenvalue weighted by Crippen LogP contribution is -2.35. The van der Waals surface area contributed by atoms with Crippen LogP contribution < -0.4 is 0 Å². The molecule has 0 aliphatic carbocycles. The molecule has 98 valence electrons. The van der Waals surface area contributed by atoms with Crippen molar-refractivity contribution in [3.05, 3.63) is 24.5 Å². The molecule has 1 amide bonds. The molecule has 1 aliphatic rings. The fourth-order valence-electron chi connectivity index (χ4n) is 1.99. The molecule has 1 aromatic rings. The van der Waals surface area contributed by atoms with Crippen LogP contribution >= 0.6 is 11.8 Å². The number of thioether (sulfide) groups is 1. The van der Waals surface area contributed by atoms with Gasteiger partial charge in [-0.05, 0) is 19.1 Å². The van der Waals surface area contributed by atoms with Gasteiger partial charge in [0, 0.05) is 36.3 Å². The van der Waals surface area contributed by atoms with E-state index in [1.807, 2.05) is 19.1 Å². The fraction of sp³-hybridized carbons (Fsp3) is 0.538. The molecular weight excluding hydrogens is 248 g/mol. The summed E-state index contributed by atoms with van der Waals surface area (Å²) in [6.07, 6.45) is 3.44. The van der Waals surface area contributed by atoms with E-state index in [1.54, 1.807) is 24.2 Å². The Morgan fingerprint density at radius 2 is 2.28 bits per heavy atom. The van der Waals surface area contributed by atoms with Crippen LogP contribution in [0.15, 0.2) is 29.4 Å². The van der Waals surface area contributed by atoms with E-state index in [-0.39, 0.29) is 11.8 Å². The van der Waals surface area contributed by atoms with Gasteiger partial charge in [-0.25, -0.2) is 0 Å². The van der Waals surface area contributed by atoms with Gasteiger partial charge >= 0.3 is 0 Å². The van der Waals surface area contributed by atoms with Crippen molar-refractivity contribution in [2.75, 3.05) is 18.8 Å². The zero-order valence-electron chi connectivity index (χ0n) is 10.7. The molecule has 2 heterocycles. The Bertz CT molecular complexity index is 422. The summed E-state index contributed by atoms with van der Waals surface area (Å²) in [4.78, 5) is 18.8. The summed E-state index contributed by atoms with van der Waals surface area (Å²) in [6, 6.07) is 3.78. The van der Waals surface area contributed by atoms with Crippen molar-refractivity contribution in [2.45, 2.75) is 24.3 Å². The number of pyridine rings is 1. The molecule has 1 aromatic heterocycles. The van der Waals surface area contributed by atoms with E-state index in [0.717, 1.165) is 4.90 Å². The normalized spacial score (nSPS) is 27.5. The monoisotopic (exact) mass is 266 g/mol. The number of aromatic nitrogens is 1. The van der Waals surface area contributed by atoms with Crippen LogP contribution in [-0.4, -0.2) is 45.3 Å². The summed E-state index contributed by atoms with van der Waals surface area (Å²) < 4.78 is 0. The van der Waals surface area contributed by atoms with E-state index in [9.17, 15) is 9.90 Å². The number of aliphatic hydroxyl groups is 1. The van der Waals surface area contributed by atoms with Gasteiger partial charge in [-0.15, -0.1) is 11.8 Å². The second-order valence-electron chi connectivity index (χ2n) is 5.00. The Hall–Kier alpha value is -1.07. The van der Waals surface area contributed by atoms with E-state index in [1.165, 1.54) is 11.8 Å². The van der Waals surface area contributed by atoms with Crippen molar-refractivity contribution in [3.63, 3.8) is 0 Å². The third kappa shape index (κ3) is 3.03. The van der Waals surface area contributed by atoms with E-state index in [2.05, 4.69) is 4.98 Å². The molecule has 0 aromatic carbocycles. The Balaban J connectivity index is 1.87. The Labute approximate surface area is 111 Å². The minimum atomic E-state index is -0.753. The Morgan fingerprint density at radius 3 is 2.83 bits per heavy atom. The third-order valence-electron chi connectivity index (χ3n) is 3.43. The highest BCUT2D eigenvalue weighted by molar-refractivity contribution is 8.00. The minimum Gasteiger partial charge on any atom is -0.388 e. The molecule has 0 radical (unpaired) electrons. The molecule has 0 bridgehead atoms. The maximum atomic E-state index is 12.0. The molecule has 2 atom stereocenters. The number of hydrogen-bond acceptors (Lipinski definition) is 4. The molecule has 1 fully saturated rings. The molecule has 5 heteroatoms. The summed E-state index contributed by atoms with van der Waals surface area (Å²) in [5.74, 6) is 0.626. The van der Waals surface area contributed by atoms with Gasteiger partial charge in [0.15, 0.2) is 0 Å². The highest BCUT2D eigenvalue weighted by atomic mass is 32.2. The lowest BCUT2D eigenvalue weighted by Gasteiger charge is -2.20. The van der Waals surface area contributed by atoms with Crippen LogP contribution in [0, 0.1) is 5.92 Å². The van der Waals surface area contributed by atoms with Crippen LogP contribution in [0.2, 0.25) is 0 Å². The largest absolute Gasteiger partial charge is 0.388 e. The van der Waals surface area contributed by atoms with Gasteiger partial charge < -0.3 is 10.0 Å². The first-order valence-electron chi connectivity index (χ1n) is 6.02. The molecule has 1 aliphatic heterocycles. The Morgan fingerprint density at radius 1 is 1.61 bits per heavy atom. The topological polar surface area (TPSA) is 53.4 Å². The van der Waals surface area contributed by atoms with Gasteiger partial charge in [-0.2, -0.15) is 0 Å². The second kappa shape index (κ2) is 5.28. The van der Waals surface area contributed by atoms with Gasteiger partial charge in [-0.1, -0.05) is 6.92 Å². The molecule has 1 saturated heterocycles. The van der Waals surface area contributed by atoms with Crippen molar-refractivity contribution >= 4 is 17.7 Å². The van der Waals surface area contributed by atoms with Gasteiger partial charge in [0.2, 0.25) is 5.91 Å². The SMILES string of the molecule is C[C@@H]1CN(C(=O)CSc2ccncc2)C[C@]1(C)O. The molecular formula is C13H18N2O2S. The van der Waals surface area contributed by atoms with Crippen LogP contribution in [-0.2, 0) is 4.79 Å². The van der Waals surface area contributed by atoms with Gasteiger partial charge in [0.1, 0.15) is 0 Å². The van der Waals surface area contributed by atoms with E-state index in [4.69, 9.17) is 0 Å². The summed E-state index contributed by atoms with van der Waals surface area (Å²) in [6.45, 7) is 4.84. The van der Waals surface area contributed by atoms with Gasteiger partial charge in [0.05, 0.1) is 11.4 Å². The maximum absolute atomic E-state index is 12.0. The highest BCUT2D eigenvalue weighted by Gasteiger charge is 2.40. The lowest BCUT2D eigenvalue weighted by molar-refractivity contribution is -0.128. The molecule has 4 nitrogen and oxygen atoms in total. The molecule has 0 unspecified atom stereocenters. The van der Waals surface area contributed by atoms with Crippen LogP contribution in [0.5, 0.6) is 0 Å². The summed E-state index contributed by atoms with van der Waals surface area (Å²) >= 11 is 1.50. The smallest absolute Gasteiger partial charge is 0.233 e. The number of carbonyl (C=O) groups is 1. The number of β-amino-alcohol motifs (C(OH)–C–C–N with tert-alkyl or cyclic N) is 1. The van der Waals surface area contributed by atoms with E-state index < -0.39 is 5.60 Å². The number of hydrogen-bond donors (Lipinski definition) is 1. The standard InChI is InChI=1S/C13H18N2O2S/c1-10-7-15(9-13(10,2)17)12(16)8-18-11-3-5-14-6-4-11/h3-6,10,17H,7-9H2,1-2H3/t10-,13+/m1/s1. The first kappa shape index (κ1) is 13.4. The van der Waals surface area contributed by atoms with E-state index in [0.29, 0.717) is 18.8 Å². The van der Waals surface area contributed by atoms with Crippen LogP contribution in [0.4, 0.5) is 0 Å². The predicted octanol–water partition coefficient (Wildman–Crippen LogP) is 1.40. The maximum Gasteiger partial charge on any atom is 0.233 e. The number of carbonyl (C=O) groups excluding carboxylic acids is 1. The van der Waals surface area contributed by atoms with Crippen molar-refractivity contribution < 1.29 is 9.90 Å². The van der Waals surface area contributed by atoms with E-state index >= 15 is 0 Å². The molecule has 2 rings (SSSR count). The van der Waals surface area contributed by atoms with Crippen molar-refractivity contribution in [1.82, 2.24) is 9.88 Å². The minimum absolute atomic E-state index is 0.0847. The molecule has 18 heavy (non-hydrogen) atoms. The quantitative estimate of drug-likeness (QED) is 0.840. The van der Waals surface area contributed by atoms with Crippen LogP contribution in [0.1, 0.15) is 13.8 Å². The summed E-state index contributed by atoms with van der Waals surface area (Å²) in [7, 11) is 0. The van der Waals surface area contributed by atoms with Gasteiger partial charge in [-0.3, -0.25) is 9.78 Å². The van der Waals surface area contributed by atoms with Gasteiger partial charge in [0.25, 0.3) is 0 Å². The number of nitrogens with zero attached hydrogens (tertiary/aromatic N) is 2. The average Bonchev–Trinajstić information content (AvgIpc) is 2.62. The first-order valence-corrected chi connectivity index (χ1v) is 7.00. The zero-order valence-corrected chi connectivity index (χ0v) is 11.5.